The molecule has 2 unspecified atom stereocenters. The zero-order chi connectivity index (χ0) is 22.8. The Kier molecular flexibility index (Phi) is 9.78. The molecule has 0 heterocycles. The fourth-order valence-electron chi connectivity index (χ4n) is 3.67. The first-order chi connectivity index (χ1) is 14.8. The van der Waals surface area contributed by atoms with E-state index >= 15 is 0 Å². The second-order valence-corrected chi connectivity index (χ2v) is 8.95. The third kappa shape index (κ3) is 8.57. The molecule has 0 spiro atoms. The third-order valence-corrected chi connectivity index (χ3v) is 5.79. The smallest absolute Gasteiger partial charge is 0.0994 e. The molecule has 0 radical (unpaired) electrons. The van der Waals surface area contributed by atoms with Crippen LogP contribution in [0.2, 0.25) is 0 Å². The first-order valence-electron chi connectivity index (χ1n) is 11.3. The lowest BCUT2D eigenvalue weighted by Crippen LogP contribution is -2.25. The topological polar surface area (TPSA) is 65.1 Å². The SMILES string of the molecule is C/C(=C/N(N)Cc1ccc(C)c(C#N)c1)CCCC(C)CNC(C)c1ccc(C)cc1. The van der Waals surface area contributed by atoms with Crippen molar-refractivity contribution in [2.45, 2.75) is 66.5 Å². The molecule has 166 valence electrons. The molecule has 4 heteroatoms. The number of aryl methyl sites for hydroxylation is 2. The summed E-state index contributed by atoms with van der Waals surface area (Å²) in [6.45, 7) is 12.4. The van der Waals surface area contributed by atoms with Crippen LogP contribution in [0.5, 0.6) is 0 Å². The largest absolute Gasteiger partial charge is 0.314 e. The van der Waals surface area contributed by atoms with Crippen LogP contribution in [0.15, 0.2) is 54.2 Å². The Bertz CT molecular complexity index is 892. The van der Waals surface area contributed by atoms with Crippen LogP contribution >= 0.6 is 0 Å². The van der Waals surface area contributed by atoms with Crippen LogP contribution in [0.25, 0.3) is 0 Å². The Balaban J connectivity index is 1.71. The third-order valence-electron chi connectivity index (χ3n) is 5.79. The number of hydrogen-bond acceptors (Lipinski definition) is 4. The van der Waals surface area contributed by atoms with Gasteiger partial charge in [-0.05, 0) is 82.2 Å². The van der Waals surface area contributed by atoms with E-state index in [9.17, 15) is 5.26 Å². The van der Waals surface area contributed by atoms with Crippen molar-refractivity contribution >= 4 is 0 Å². The van der Waals surface area contributed by atoms with E-state index < -0.39 is 0 Å². The molecule has 0 saturated carbocycles. The van der Waals surface area contributed by atoms with Crippen LogP contribution in [-0.2, 0) is 6.54 Å². The minimum atomic E-state index is 0.374. The maximum absolute atomic E-state index is 9.19. The lowest BCUT2D eigenvalue weighted by atomic mass is 10.0. The molecule has 0 fully saturated rings. The van der Waals surface area contributed by atoms with E-state index in [1.165, 1.54) is 23.1 Å². The molecule has 2 atom stereocenters. The number of nitrogens with one attached hydrogen (secondary N) is 1. The Morgan fingerprint density at radius 2 is 1.87 bits per heavy atom. The number of nitriles is 1. The Morgan fingerprint density at radius 3 is 2.55 bits per heavy atom. The normalized spacial score (nSPS) is 13.5. The zero-order valence-electron chi connectivity index (χ0n) is 19.8. The van der Waals surface area contributed by atoms with Crippen LogP contribution in [0, 0.1) is 31.1 Å². The molecule has 0 aliphatic rings. The second-order valence-electron chi connectivity index (χ2n) is 8.95. The van der Waals surface area contributed by atoms with Crippen molar-refractivity contribution in [1.82, 2.24) is 10.3 Å². The average Bonchev–Trinajstić information content (AvgIpc) is 2.73. The minimum absolute atomic E-state index is 0.374. The van der Waals surface area contributed by atoms with Gasteiger partial charge in [0, 0.05) is 12.2 Å². The van der Waals surface area contributed by atoms with Crippen LogP contribution in [0.3, 0.4) is 0 Å². The number of hydrazine groups is 1. The van der Waals surface area contributed by atoms with Gasteiger partial charge in [0.05, 0.1) is 18.2 Å². The average molecular weight is 419 g/mol. The van der Waals surface area contributed by atoms with Gasteiger partial charge >= 0.3 is 0 Å². The molecule has 0 aliphatic carbocycles. The quantitative estimate of drug-likeness (QED) is 0.351. The summed E-state index contributed by atoms with van der Waals surface area (Å²) in [5, 5.41) is 14.6. The molecular formula is C27H38N4. The first-order valence-corrected chi connectivity index (χ1v) is 11.3. The highest BCUT2D eigenvalue weighted by Gasteiger charge is 2.08. The van der Waals surface area contributed by atoms with Crippen molar-refractivity contribution in [1.29, 1.82) is 5.26 Å². The second kappa shape index (κ2) is 12.3. The molecule has 2 rings (SSSR count). The number of nitrogens with zero attached hydrogens (tertiary/aromatic N) is 2. The lowest BCUT2D eigenvalue weighted by Gasteiger charge is -2.19. The highest BCUT2D eigenvalue weighted by Crippen LogP contribution is 2.17. The van der Waals surface area contributed by atoms with Crippen LogP contribution in [0.4, 0.5) is 0 Å². The standard InChI is InChI=1S/C27H38N4/c1-20-9-13-26(14-10-20)24(5)30-17-21(2)7-6-8-22(3)18-31(29)19-25-12-11-23(4)27(15-25)16-28/h9-15,18,21,24,30H,6-8,17,19,29H2,1-5H3/b22-18-. The molecule has 2 aromatic carbocycles. The zero-order valence-corrected chi connectivity index (χ0v) is 19.8. The van der Waals surface area contributed by atoms with Crippen molar-refractivity contribution in [3.05, 3.63) is 82.1 Å². The molecule has 3 N–H and O–H groups in total. The van der Waals surface area contributed by atoms with Crippen molar-refractivity contribution in [2.75, 3.05) is 6.54 Å². The van der Waals surface area contributed by atoms with Gasteiger partial charge in [-0.3, -0.25) is 0 Å². The molecular weight excluding hydrogens is 380 g/mol. The molecule has 0 amide bonds. The molecule has 31 heavy (non-hydrogen) atoms. The molecule has 0 bridgehead atoms. The van der Waals surface area contributed by atoms with Gasteiger partial charge in [0.2, 0.25) is 0 Å². The number of benzene rings is 2. The number of rotatable bonds is 11. The van der Waals surface area contributed by atoms with Crippen LogP contribution in [-0.4, -0.2) is 11.6 Å². The van der Waals surface area contributed by atoms with Gasteiger partial charge in [-0.15, -0.1) is 0 Å². The maximum atomic E-state index is 9.19. The fraction of sp³-hybridized carbons (Fsp3) is 0.444. The van der Waals surface area contributed by atoms with Gasteiger partial charge in [-0.1, -0.05) is 54.5 Å². The monoisotopic (exact) mass is 418 g/mol. The molecule has 4 nitrogen and oxygen atoms in total. The molecule has 0 aromatic heterocycles. The Labute approximate surface area is 188 Å². The van der Waals surface area contributed by atoms with Gasteiger partial charge in [0.1, 0.15) is 0 Å². The summed E-state index contributed by atoms with van der Waals surface area (Å²) in [4.78, 5) is 0. The van der Waals surface area contributed by atoms with Gasteiger partial charge in [0.25, 0.3) is 0 Å². The van der Waals surface area contributed by atoms with Crippen LogP contribution < -0.4 is 11.2 Å². The van der Waals surface area contributed by atoms with Gasteiger partial charge in [0.15, 0.2) is 0 Å². The van der Waals surface area contributed by atoms with Gasteiger partial charge in [-0.25, -0.2) is 5.84 Å². The molecule has 0 aliphatic heterocycles. The predicted molar refractivity (Wildman–Crippen MR) is 130 cm³/mol. The summed E-state index contributed by atoms with van der Waals surface area (Å²) in [5.74, 6) is 6.81. The Hall–Kier alpha value is -2.61. The summed E-state index contributed by atoms with van der Waals surface area (Å²) in [6, 6.07) is 17.3. The minimum Gasteiger partial charge on any atom is -0.314 e. The number of hydrogen-bond donors (Lipinski definition) is 2. The van der Waals surface area contributed by atoms with Crippen molar-refractivity contribution in [2.24, 2.45) is 11.8 Å². The predicted octanol–water partition coefficient (Wildman–Crippen LogP) is 5.91. The summed E-state index contributed by atoms with van der Waals surface area (Å²) in [5.41, 5.74) is 6.69. The van der Waals surface area contributed by atoms with Gasteiger partial charge < -0.3 is 10.3 Å². The first kappa shape index (κ1) is 24.7. The van der Waals surface area contributed by atoms with E-state index in [1.807, 2.05) is 31.3 Å². The van der Waals surface area contributed by atoms with Crippen LogP contribution in [0.1, 0.15) is 73.9 Å². The van der Waals surface area contributed by atoms with Gasteiger partial charge in [-0.2, -0.15) is 5.26 Å². The summed E-state index contributed by atoms with van der Waals surface area (Å²) < 4.78 is 0. The highest BCUT2D eigenvalue weighted by atomic mass is 15.4. The van der Waals surface area contributed by atoms with E-state index in [2.05, 4.69) is 63.3 Å². The fourth-order valence-corrected chi connectivity index (χ4v) is 3.67. The van der Waals surface area contributed by atoms with Crippen molar-refractivity contribution in [3.8, 4) is 6.07 Å². The van der Waals surface area contributed by atoms with E-state index in [1.54, 1.807) is 5.01 Å². The molecule has 2 aromatic rings. The number of allylic oxidation sites excluding steroid dienone is 1. The van der Waals surface area contributed by atoms with Crippen molar-refractivity contribution < 1.29 is 0 Å². The summed E-state index contributed by atoms with van der Waals surface area (Å²) in [6.07, 6.45) is 5.41. The number of nitrogens with two attached hydrogens (primary N) is 1. The Morgan fingerprint density at radius 1 is 1.16 bits per heavy atom. The highest BCUT2D eigenvalue weighted by molar-refractivity contribution is 5.39. The lowest BCUT2D eigenvalue weighted by molar-refractivity contribution is 0.381. The van der Waals surface area contributed by atoms with E-state index in [4.69, 9.17) is 5.84 Å². The van der Waals surface area contributed by atoms with E-state index in [0.29, 0.717) is 24.1 Å². The summed E-state index contributed by atoms with van der Waals surface area (Å²) >= 11 is 0. The van der Waals surface area contributed by atoms with Crippen molar-refractivity contribution in [3.63, 3.8) is 0 Å². The van der Waals surface area contributed by atoms with E-state index in [-0.39, 0.29) is 0 Å². The maximum Gasteiger partial charge on any atom is 0.0994 e. The summed E-state index contributed by atoms with van der Waals surface area (Å²) in [7, 11) is 0. The van der Waals surface area contributed by atoms with E-state index in [0.717, 1.165) is 30.5 Å². The molecule has 0 saturated heterocycles.